The van der Waals surface area contributed by atoms with E-state index in [1.165, 1.54) is 0 Å². The van der Waals surface area contributed by atoms with E-state index in [0.29, 0.717) is 19.0 Å². The van der Waals surface area contributed by atoms with Crippen molar-refractivity contribution in [3.05, 3.63) is 0 Å². The number of nitrogens with one attached hydrogen (secondary N) is 1. The van der Waals surface area contributed by atoms with Gasteiger partial charge in [-0.2, -0.15) is 0 Å². The van der Waals surface area contributed by atoms with Gasteiger partial charge in [-0.25, -0.2) is 4.79 Å². The molecule has 0 radical (unpaired) electrons. The Morgan fingerprint density at radius 1 is 1.42 bits per heavy atom. The fraction of sp³-hybridized carbons (Fsp3) is 0.875. The summed E-state index contributed by atoms with van der Waals surface area (Å²) in [4.78, 5) is 10.7. The summed E-state index contributed by atoms with van der Waals surface area (Å²) in [7, 11) is 0. The molecule has 0 rings (SSSR count). The third kappa shape index (κ3) is 7.66. The van der Waals surface area contributed by atoms with Gasteiger partial charge < -0.3 is 10.1 Å². The second kappa shape index (κ2) is 8.65. The lowest BCUT2D eigenvalue weighted by molar-refractivity contribution is 0.144. The molecule has 0 aliphatic carbocycles. The zero-order valence-electron chi connectivity index (χ0n) is 7.44. The smallest absolute Gasteiger partial charge is 0.407 e. The molecule has 3 nitrogen and oxygen atoms in total. The largest absolute Gasteiger partial charge is 0.450 e. The Hall–Kier alpha value is -0.440. The lowest BCUT2D eigenvalue weighted by atomic mass is 10.3. The van der Waals surface area contributed by atoms with Crippen molar-refractivity contribution in [3.63, 3.8) is 0 Å². The summed E-state index contributed by atoms with van der Waals surface area (Å²) in [5, 5.41) is 2.55. The van der Waals surface area contributed by atoms with E-state index in [4.69, 9.17) is 16.3 Å². The molecule has 0 aromatic carbocycles. The van der Waals surface area contributed by atoms with E-state index < -0.39 is 0 Å². The molecule has 0 unspecified atom stereocenters. The van der Waals surface area contributed by atoms with Gasteiger partial charge in [0.1, 0.15) is 0 Å². The van der Waals surface area contributed by atoms with Gasteiger partial charge in [-0.15, -0.1) is 11.6 Å². The highest BCUT2D eigenvalue weighted by Crippen LogP contribution is 1.97. The molecule has 0 saturated carbocycles. The fourth-order valence-corrected chi connectivity index (χ4v) is 0.923. The molecule has 1 amide bonds. The molecule has 0 aliphatic rings. The van der Waals surface area contributed by atoms with Gasteiger partial charge in [0.25, 0.3) is 0 Å². The number of halogens is 1. The van der Waals surface area contributed by atoms with Crippen molar-refractivity contribution in [3.8, 4) is 0 Å². The van der Waals surface area contributed by atoms with Crippen LogP contribution in [0.1, 0.15) is 26.2 Å². The third-order valence-electron chi connectivity index (χ3n) is 1.33. The maximum atomic E-state index is 10.7. The Bertz CT molecular complexity index is 120. The van der Waals surface area contributed by atoms with E-state index in [9.17, 15) is 4.79 Å². The van der Waals surface area contributed by atoms with Crippen molar-refractivity contribution < 1.29 is 9.53 Å². The van der Waals surface area contributed by atoms with Gasteiger partial charge in [-0.3, -0.25) is 0 Å². The van der Waals surface area contributed by atoms with Crippen LogP contribution in [0.25, 0.3) is 0 Å². The zero-order valence-corrected chi connectivity index (χ0v) is 8.19. The van der Waals surface area contributed by atoms with Gasteiger partial charge in [0.15, 0.2) is 0 Å². The van der Waals surface area contributed by atoms with Crippen LogP contribution in [0.15, 0.2) is 0 Å². The SMILES string of the molecule is CCNC(=O)OCCCCCCl. The van der Waals surface area contributed by atoms with E-state index >= 15 is 0 Å². The van der Waals surface area contributed by atoms with Gasteiger partial charge >= 0.3 is 6.09 Å². The summed E-state index contributed by atoms with van der Waals surface area (Å²) in [6, 6.07) is 0. The number of hydrogen-bond acceptors (Lipinski definition) is 2. The Morgan fingerprint density at radius 3 is 2.75 bits per heavy atom. The third-order valence-corrected chi connectivity index (χ3v) is 1.60. The van der Waals surface area contributed by atoms with Crippen LogP contribution in [0.3, 0.4) is 0 Å². The molecule has 0 heterocycles. The molecule has 72 valence electrons. The first-order valence-corrected chi connectivity index (χ1v) is 4.81. The van der Waals surface area contributed by atoms with E-state index in [1.807, 2.05) is 6.92 Å². The van der Waals surface area contributed by atoms with Crippen LogP contribution in [-0.2, 0) is 4.74 Å². The average Bonchev–Trinajstić information content (AvgIpc) is 2.05. The highest BCUT2D eigenvalue weighted by molar-refractivity contribution is 6.17. The van der Waals surface area contributed by atoms with Crippen LogP contribution < -0.4 is 5.32 Å². The number of rotatable bonds is 6. The Morgan fingerprint density at radius 2 is 2.17 bits per heavy atom. The highest BCUT2D eigenvalue weighted by Gasteiger charge is 1.97. The summed E-state index contributed by atoms with van der Waals surface area (Å²) < 4.78 is 4.84. The van der Waals surface area contributed by atoms with Crippen LogP contribution in [-0.4, -0.2) is 25.1 Å². The lowest BCUT2D eigenvalue weighted by Crippen LogP contribution is -2.23. The lowest BCUT2D eigenvalue weighted by Gasteiger charge is -2.03. The van der Waals surface area contributed by atoms with Crippen molar-refractivity contribution in [1.29, 1.82) is 0 Å². The van der Waals surface area contributed by atoms with Gasteiger partial charge in [-0.1, -0.05) is 0 Å². The minimum absolute atomic E-state index is 0.330. The molecular formula is C8H16ClNO2. The van der Waals surface area contributed by atoms with E-state index in [1.54, 1.807) is 0 Å². The number of ether oxygens (including phenoxy) is 1. The van der Waals surface area contributed by atoms with E-state index in [2.05, 4.69) is 5.32 Å². The van der Waals surface area contributed by atoms with E-state index in [-0.39, 0.29) is 6.09 Å². The second-order valence-corrected chi connectivity index (χ2v) is 2.79. The number of alkyl halides is 1. The maximum Gasteiger partial charge on any atom is 0.407 e. The van der Waals surface area contributed by atoms with Gasteiger partial charge in [-0.05, 0) is 26.2 Å². The van der Waals surface area contributed by atoms with Gasteiger partial charge in [0.2, 0.25) is 0 Å². The summed E-state index contributed by atoms with van der Waals surface area (Å²) in [5.41, 5.74) is 0. The first kappa shape index (κ1) is 11.6. The monoisotopic (exact) mass is 193 g/mol. The molecule has 0 aromatic rings. The quantitative estimate of drug-likeness (QED) is 0.519. The van der Waals surface area contributed by atoms with Crippen LogP contribution >= 0.6 is 11.6 Å². The van der Waals surface area contributed by atoms with Gasteiger partial charge in [0.05, 0.1) is 6.61 Å². The summed E-state index contributed by atoms with van der Waals surface area (Å²) in [6.07, 6.45) is 2.57. The fourth-order valence-electron chi connectivity index (χ4n) is 0.734. The Balaban J connectivity index is 3.03. The van der Waals surface area contributed by atoms with Crippen LogP contribution in [0.2, 0.25) is 0 Å². The van der Waals surface area contributed by atoms with Crippen LogP contribution in [0.5, 0.6) is 0 Å². The zero-order chi connectivity index (χ0) is 9.23. The average molecular weight is 194 g/mol. The minimum Gasteiger partial charge on any atom is -0.450 e. The Labute approximate surface area is 78.4 Å². The molecule has 0 atom stereocenters. The summed E-state index contributed by atoms with van der Waals surface area (Å²) in [6.45, 7) is 2.96. The molecule has 0 bridgehead atoms. The van der Waals surface area contributed by atoms with Crippen molar-refractivity contribution in [2.45, 2.75) is 26.2 Å². The number of hydrogen-bond donors (Lipinski definition) is 1. The van der Waals surface area contributed by atoms with Crippen molar-refractivity contribution >= 4 is 17.7 Å². The molecule has 0 spiro atoms. The number of unbranched alkanes of at least 4 members (excludes halogenated alkanes) is 2. The number of carbonyl (C=O) groups excluding carboxylic acids is 1. The first-order chi connectivity index (χ1) is 5.81. The molecule has 12 heavy (non-hydrogen) atoms. The maximum absolute atomic E-state index is 10.7. The van der Waals surface area contributed by atoms with Crippen molar-refractivity contribution in [2.75, 3.05) is 19.0 Å². The standard InChI is InChI=1S/C8H16ClNO2/c1-2-10-8(11)12-7-5-3-4-6-9/h2-7H2,1H3,(H,10,11). The molecule has 1 N–H and O–H groups in total. The second-order valence-electron chi connectivity index (χ2n) is 2.42. The predicted molar refractivity (Wildman–Crippen MR) is 49.6 cm³/mol. The number of amides is 1. The number of carbonyl (C=O) groups is 1. The van der Waals surface area contributed by atoms with Crippen LogP contribution in [0, 0.1) is 0 Å². The topological polar surface area (TPSA) is 38.3 Å². The van der Waals surface area contributed by atoms with E-state index in [0.717, 1.165) is 19.3 Å². The van der Waals surface area contributed by atoms with Crippen molar-refractivity contribution in [1.82, 2.24) is 5.32 Å². The molecule has 0 fully saturated rings. The highest BCUT2D eigenvalue weighted by atomic mass is 35.5. The number of alkyl carbamates (subject to hydrolysis) is 1. The first-order valence-electron chi connectivity index (χ1n) is 4.27. The summed E-state index contributed by atoms with van der Waals surface area (Å²) in [5.74, 6) is 0.682. The van der Waals surface area contributed by atoms with Crippen LogP contribution in [0.4, 0.5) is 4.79 Å². The molecule has 0 aliphatic heterocycles. The molecular weight excluding hydrogens is 178 g/mol. The summed E-state index contributed by atoms with van der Waals surface area (Å²) >= 11 is 5.47. The Kier molecular flexibility index (Phi) is 8.34. The molecule has 0 aromatic heterocycles. The normalized spacial score (nSPS) is 9.50. The van der Waals surface area contributed by atoms with Gasteiger partial charge in [0, 0.05) is 12.4 Å². The molecule has 0 saturated heterocycles. The van der Waals surface area contributed by atoms with Crippen molar-refractivity contribution in [2.24, 2.45) is 0 Å². The molecule has 4 heteroatoms. The minimum atomic E-state index is -0.330. The predicted octanol–water partition coefficient (Wildman–Crippen LogP) is 2.14.